The molecule has 4 rings (SSSR count). The van der Waals surface area contributed by atoms with Gasteiger partial charge in [0.15, 0.2) is 0 Å². The second-order valence-electron chi connectivity index (χ2n) is 8.28. The molecule has 0 bridgehead atoms. The van der Waals surface area contributed by atoms with Gasteiger partial charge in [0.1, 0.15) is 5.75 Å². The maximum absolute atomic E-state index is 9.40. The van der Waals surface area contributed by atoms with E-state index in [4.69, 9.17) is 4.98 Å². The van der Waals surface area contributed by atoms with Crippen LogP contribution in [0.1, 0.15) is 23.6 Å². The lowest BCUT2D eigenvalue weighted by Gasteiger charge is -2.34. The number of aromatic hydroxyl groups is 1. The molecular weight excluding hydrogens is 386 g/mol. The Bertz CT molecular complexity index is 1010. The Morgan fingerprint density at radius 3 is 2.74 bits per heavy atom. The van der Waals surface area contributed by atoms with Gasteiger partial charge in [0.05, 0.1) is 5.69 Å². The third kappa shape index (κ3) is 5.60. The minimum atomic E-state index is 0.289. The van der Waals surface area contributed by atoms with Crippen molar-refractivity contribution >= 4 is 5.95 Å². The van der Waals surface area contributed by atoms with Gasteiger partial charge >= 0.3 is 0 Å². The zero-order valence-corrected chi connectivity index (χ0v) is 18.3. The van der Waals surface area contributed by atoms with Gasteiger partial charge in [-0.1, -0.05) is 24.3 Å². The molecule has 0 amide bonds. The van der Waals surface area contributed by atoms with E-state index >= 15 is 0 Å². The highest BCUT2D eigenvalue weighted by Gasteiger charge is 2.18. The van der Waals surface area contributed by atoms with Crippen LogP contribution in [-0.2, 0) is 13.0 Å². The van der Waals surface area contributed by atoms with Gasteiger partial charge in [-0.3, -0.25) is 4.90 Å². The van der Waals surface area contributed by atoms with Gasteiger partial charge in [-0.25, -0.2) is 9.97 Å². The van der Waals surface area contributed by atoms with Crippen molar-refractivity contribution in [2.75, 3.05) is 31.5 Å². The molecule has 6 heteroatoms. The minimum absolute atomic E-state index is 0.289. The summed E-state index contributed by atoms with van der Waals surface area (Å²) < 4.78 is 0. The van der Waals surface area contributed by atoms with Crippen molar-refractivity contribution in [1.82, 2.24) is 20.2 Å². The van der Waals surface area contributed by atoms with Crippen LogP contribution in [0.4, 0.5) is 5.95 Å². The molecule has 0 radical (unpaired) electrons. The highest BCUT2D eigenvalue weighted by Crippen LogP contribution is 2.24. The molecule has 3 N–H and O–H groups in total. The molecule has 1 aliphatic heterocycles. The summed E-state index contributed by atoms with van der Waals surface area (Å²) in [5, 5.41) is 16.2. The zero-order valence-electron chi connectivity index (χ0n) is 18.3. The number of phenols is 1. The molecule has 2 heterocycles. The third-order valence-electron chi connectivity index (χ3n) is 5.89. The summed E-state index contributed by atoms with van der Waals surface area (Å²) in [7, 11) is 0. The van der Waals surface area contributed by atoms with E-state index < -0.39 is 0 Å². The van der Waals surface area contributed by atoms with Crippen LogP contribution in [0.15, 0.2) is 54.7 Å². The first-order valence-electron chi connectivity index (χ1n) is 11.0. The number of nitrogens with one attached hydrogen (secondary N) is 2. The fourth-order valence-electron chi connectivity index (χ4n) is 3.97. The molecule has 1 unspecified atom stereocenters. The van der Waals surface area contributed by atoms with E-state index in [1.807, 2.05) is 24.4 Å². The molecule has 1 aromatic heterocycles. The molecule has 6 nitrogen and oxygen atoms in total. The number of anilines is 1. The summed E-state index contributed by atoms with van der Waals surface area (Å²) >= 11 is 0. The first-order chi connectivity index (χ1) is 15.1. The van der Waals surface area contributed by atoms with Crippen LogP contribution in [0.2, 0.25) is 0 Å². The molecule has 0 spiro atoms. The second kappa shape index (κ2) is 9.90. The predicted molar refractivity (Wildman–Crippen MR) is 125 cm³/mol. The van der Waals surface area contributed by atoms with Crippen LogP contribution in [0, 0.1) is 6.92 Å². The molecule has 1 atom stereocenters. The van der Waals surface area contributed by atoms with Gasteiger partial charge in [-0.2, -0.15) is 0 Å². The number of hydrogen-bond donors (Lipinski definition) is 3. The van der Waals surface area contributed by atoms with Gasteiger partial charge < -0.3 is 15.7 Å². The van der Waals surface area contributed by atoms with E-state index in [-0.39, 0.29) is 5.75 Å². The van der Waals surface area contributed by atoms with Crippen molar-refractivity contribution in [1.29, 1.82) is 0 Å². The predicted octanol–water partition coefficient (Wildman–Crippen LogP) is 3.61. The maximum Gasteiger partial charge on any atom is 0.223 e. The number of hydrogen-bond acceptors (Lipinski definition) is 6. The van der Waals surface area contributed by atoms with Crippen LogP contribution in [0.3, 0.4) is 0 Å². The Kier molecular flexibility index (Phi) is 6.79. The minimum Gasteiger partial charge on any atom is -0.508 e. The normalized spacial score (nSPS) is 16.9. The average Bonchev–Trinajstić information content (AvgIpc) is 2.78. The second-order valence-corrected chi connectivity index (χ2v) is 8.28. The lowest BCUT2D eigenvalue weighted by Crippen LogP contribution is -2.49. The van der Waals surface area contributed by atoms with Gasteiger partial charge in [-0.15, -0.1) is 0 Å². The van der Waals surface area contributed by atoms with Crippen molar-refractivity contribution in [2.45, 2.75) is 32.9 Å². The Labute approximate surface area is 184 Å². The molecule has 31 heavy (non-hydrogen) atoms. The molecule has 1 saturated heterocycles. The quantitative estimate of drug-likeness (QED) is 0.545. The number of aryl methyl sites for hydroxylation is 1. The Balaban J connectivity index is 1.44. The first-order valence-corrected chi connectivity index (χ1v) is 11.0. The van der Waals surface area contributed by atoms with Crippen LogP contribution < -0.4 is 10.6 Å². The lowest BCUT2D eigenvalue weighted by molar-refractivity contribution is 0.165. The van der Waals surface area contributed by atoms with Crippen molar-refractivity contribution in [2.24, 2.45) is 0 Å². The summed E-state index contributed by atoms with van der Waals surface area (Å²) in [5.74, 6) is 0.925. The number of nitrogens with zero attached hydrogens (tertiary/aromatic N) is 3. The van der Waals surface area contributed by atoms with E-state index in [1.165, 1.54) is 11.1 Å². The van der Waals surface area contributed by atoms with Gasteiger partial charge in [0, 0.05) is 50.5 Å². The van der Waals surface area contributed by atoms with Crippen molar-refractivity contribution in [3.05, 3.63) is 71.4 Å². The number of phenolic OH excluding ortho intramolecular Hbond substituents is 1. The van der Waals surface area contributed by atoms with Crippen molar-refractivity contribution in [3.63, 3.8) is 0 Å². The fraction of sp³-hybridized carbons (Fsp3) is 0.360. The Morgan fingerprint density at radius 2 is 1.94 bits per heavy atom. The molecular formula is C25H31N5O. The smallest absolute Gasteiger partial charge is 0.223 e. The van der Waals surface area contributed by atoms with Crippen LogP contribution in [0.25, 0.3) is 11.3 Å². The fourth-order valence-corrected chi connectivity index (χ4v) is 3.97. The molecule has 162 valence electrons. The number of aromatic nitrogens is 2. The van der Waals surface area contributed by atoms with Crippen LogP contribution >= 0.6 is 0 Å². The number of benzene rings is 2. The van der Waals surface area contributed by atoms with Gasteiger partial charge in [-0.05, 0) is 61.2 Å². The monoisotopic (exact) mass is 417 g/mol. The summed E-state index contributed by atoms with van der Waals surface area (Å²) in [6.45, 7) is 9.27. The van der Waals surface area contributed by atoms with E-state index in [2.05, 4.69) is 52.6 Å². The zero-order chi connectivity index (χ0) is 21.6. The average molecular weight is 418 g/mol. The van der Waals surface area contributed by atoms with E-state index in [0.29, 0.717) is 12.0 Å². The number of piperazine rings is 1. The molecule has 1 fully saturated rings. The SMILES string of the molecule is Cc1ccc(CN2CCNCC2C)cc1-c1ccnc(NCCc2ccc(O)cc2)n1. The van der Waals surface area contributed by atoms with Crippen LogP contribution in [0.5, 0.6) is 5.75 Å². The Morgan fingerprint density at radius 1 is 1.13 bits per heavy atom. The van der Waals surface area contributed by atoms with Gasteiger partial charge in [0.25, 0.3) is 0 Å². The largest absolute Gasteiger partial charge is 0.508 e. The Hall–Kier alpha value is -2.96. The highest BCUT2D eigenvalue weighted by atomic mass is 16.3. The molecule has 1 aliphatic rings. The maximum atomic E-state index is 9.40. The number of rotatable bonds is 7. The molecule has 3 aromatic rings. The summed E-state index contributed by atoms with van der Waals surface area (Å²) in [6.07, 6.45) is 2.65. The molecule has 0 aliphatic carbocycles. The first kappa shape index (κ1) is 21.3. The van der Waals surface area contributed by atoms with E-state index in [0.717, 1.165) is 56.0 Å². The summed E-state index contributed by atoms with van der Waals surface area (Å²) in [5.41, 5.74) is 5.78. The van der Waals surface area contributed by atoms with E-state index in [1.54, 1.807) is 12.1 Å². The highest BCUT2D eigenvalue weighted by molar-refractivity contribution is 5.65. The van der Waals surface area contributed by atoms with Crippen molar-refractivity contribution in [3.8, 4) is 17.0 Å². The lowest BCUT2D eigenvalue weighted by atomic mass is 10.0. The summed E-state index contributed by atoms with van der Waals surface area (Å²) in [6, 6.07) is 16.5. The third-order valence-corrected chi connectivity index (χ3v) is 5.89. The standard InChI is InChI=1S/C25H31N5O/c1-18-3-4-21(17-30-14-13-26-16-19(30)2)15-23(18)24-10-12-28-25(29-24)27-11-9-20-5-7-22(31)8-6-20/h3-8,10,12,15,19,26,31H,9,11,13-14,16-17H2,1-2H3,(H,27,28,29). The van der Waals surface area contributed by atoms with Gasteiger partial charge in [0.2, 0.25) is 5.95 Å². The van der Waals surface area contributed by atoms with E-state index in [9.17, 15) is 5.11 Å². The van der Waals surface area contributed by atoms with Crippen LogP contribution in [-0.4, -0.2) is 52.2 Å². The topological polar surface area (TPSA) is 73.3 Å². The molecule has 2 aromatic carbocycles. The molecule has 0 saturated carbocycles. The summed E-state index contributed by atoms with van der Waals surface area (Å²) in [4.78, 5) is 11.7. The van der Waals surface area contributed by atoms with Crippen molar-refractivity contribution < 1.29 is 5.11 Å².